The smallest absolute Gasteiger partial charge is 0.332 e. The highest BCUT2D eigenvalue weighted by atomic mass is 31.2. The normalized spacial score (nSPS) is 12.6. The Morgan fingerprint density at radius 2 is 0.938 bits per heavy atom. The van der Waals surface area contributed by atoms with E-state index in [4.69, 9.17) is 13.6 Å². The zero-order valence-electron chi connectivity index (χ0n) is 21.4. The SMILES string of the molecule is CC(C)CCCCCCCOP(OCCCCCCCC(C)C)OCC(CO)(CO)CO. The van der Waals surface area contributed by atoms with Gasteiger partial charge in [0.05, 0.1) is 45.1 Å². The molecule has 0 spiro atoms. The molecule has 7 heteroatoms. The molecule has 0 heterocycles. The molecule has 0 aromatic rings. The highest BCUT2D eigenvalue weighted by molar-refractivity contribution is 7.41. The van der Waals surface area contributed by atoms with E-state index in [-0.39, 0.29) is 26.4 Å². The molecule has 32 heavy (non-hydrogen) atoms. The molecule has 0 rings (SSSR count). The summed E-state index contributed by atoms with van der Waals surface area (Å²) in [4.78, 5) is 0. The minimum absolute atomic E-state index is 0.00656. The van der Waals surface area contributed by atoms with Crippen LogP contribution in [-0.4, -0.2) is 55.0 Å². The van der Waals surface area contributed by atoms with Gasteiger partial charge in [0.15, 0.2) is 0 Å². The van der Waals surface area contributed by atoms with Crippen molar-refractivity contribution in [3.63, 3.8) is 0 Å². The molecule has 0 aliphatic heterocycles. The molecule has 0 amide bonds. The molecule has 0 unspecified atom stereocenters. The summed E-state index contributed by atoms with van der Waals surface area (Å²) < 4.78 is 17.5. The Kier molecular flexibility index (Phi) is 21.8. The Labute approximate surface area is 199 Å². The van der Waals surface area contributed by atoms with Gasteiger partial charge in [0.2, 0.25) is 0 Å². The van der Waals surface area contributed by atoms with E-state index in [2.05, 4.69) is 27.7 Å². The van der Waals surface area contributed by atoms with Gasteiger partial charge < -0.3 is 28.9 Å². The number of unbranched alkanes of at least 4 members (excludes halogenated alkanes) is 8. The fourth-order valence-corrected chi connectivity index (χ4v) is 4.40. The van der Waals surface area contributed by atoms with Crippen molar-refractivity contribution in [3.05, 3.63) is 0 Å². The molecule has 6 nitrogen and oxygen atoms in total. The molecule has 0 aromatic carbocycles. The summed E-state index contributed by atoms with van der Waals surface area (Å²) in [5, 5.41) is 28.6. The van der Waals surface area contributed by atoms with Crippen LogP contribution in [0.15, 0.2) is 0 Å². The molecule has 0 fully saturated rings. The minimum atomic E-state index is -1.55. The van der Waals surface area contributed by atoms with Gasteiger partial charge in [-0.1, -0.05) is 91.9 Å². The van der Waals surface area contributed by atoms with Crippen molar-refractivity contribution < 1.29 is 28.9 Å². The van der Waals surface area contributed by atoms with Gasteiger partial charge in [-0.3, -0.25) is 0 Å². The summed E-state index contributed by atoms with van der Waals surface area (Å²) in [5.41, 5.74) is -1.07. The summed E-state index contributed by atoms with van der Waals surface area (Å²) >= 11 is 0. The molecule has 3 N–H and O–H groups in total. The van der Waals surface area contributed by atoms with Crippen molar-refractivity contribution >= 4 is 8.60 Å². The second-order valence-electron chi connectivity index (χ2n) is 10.0. The Morgan fingerprint density at radius 1 is 0.562 bits per heavy atom. The molecule has 0 aliphatic carbocycles. The number of aliphatic hydroxyl groups is 3. The Balaban J connectivity index is 4.17. The van der Waals surface area contributed by atoms with Crippen LogP contribution in [-0.2, 0) is 13.6 Å². The van der Waals surface area contributed by atoms with Gasteiger partial charge >= 0.3 is 8.60 Å². The van der Waals surface area contributed by atoms with Gasteiger partial charge in [-0.25, -0.2) is 0 Å². The molecule has 0 aliphatic rings. The summed E-state index contributed by atoms with van der Waals surface area (Å²) in [6, 6.07) is 0. The lowest BCUT2D eigenvalue weighted by atomic mass is 9.93. The van der Waals surface area contributed by atoms with E-state index in [9.17, 15) is 15.3 Å². The van der Waals surface area contributed by atoms with Crippen molar-refractivity contribution in [1.82, 2.24) is 0 Å². The predicted octanol–water partition coefficient (Wildman–Crippen LogP) is 6.22. The van der Waals surface area contributed by atoms with E-state index >= 15 is 0 Å². The first-order valence-electron chi connectivity index (χ1n) is 12.9. The maximum atomic E-state index is 9.52. The Morgan fingerprint density at radius 3 is 1.31 bits per heavy atom. The Hall–Kier alpha value is 0.190. The van der Waals surface area contributed by atoms with E-state index in [0.717, 1.165) is 37.5 Å². The van der Waals surface area contributed by atoms with Crippen molar-refractivity contribution in [1.29, 1.82) is 0 Å². The lowest BCUT2D eigenvalue weighted by Gasteiger charge is -2.28. The number of rotatable bonds is 24. The molecule has 0 radical (unpaired) electrons. The van der Waals surface area contributed by atoms with Crippen molar-refractivity contribution in [2.24, 2.45) is 17.3 Å². The molecule has 0 aromatic heterocycles. The first-order chi connectivity index (χ1) is 15.4. The van der Waals surface area contributed by atoms with Crippen LogP contribution in [0.2, 0.25) is 0 Å². The van der Waals surface area contributed by atoms with E-state index in [1.165, 1.54) is 51.4 Å². The van der Waals surface area contributed by atoms with Crippen LogP contribution in [0.5, 0.6) is 0 Å². The van der Waals surface area contributed by atoms with Gasteiger partial charge in [0.1, 0.15) is 0 Å². The second kappa shape index (κ2) is 21.7. The van der Waals surface area contributed by atoms with Crippen molar-refractivity contribution in [3.8, 4) is 0 Å². The van der Waals surface area contributed by atoms with Crippen LogP contribution in [0, 0.1) is 17.3 Å². The van der Waals surface area contributed by atoms with Crippen molar-refractivity contribution in [2.75, 3.05) is 39.6 Å². The maximum Gasteiger partial charge on any atom is 0.332 e. The summed E-state index contributed by atoms with van der Waals surface area (Å²) in [6.07, 6.45) is 14.3. The fourth-order valence-electron chi connectivity index (χ4n) is 3.24. The lowest BCUT2D eigenvalue weighted by molar-refractivity contribution is -0.0313. The van der Waals surface area contributed by atoms with Crippen LogP contribution in [0.4, 0.5) is 0 Å². The average molecular weight is 481 g/mol. The first-order valence-corrected chi connectivity index (χ1v) is 14.0. The van der Waals surface area contributed by atoms with Crippen molar-refractivity contribution in [2.45, 2.75) is 105 Å². The van der Waals surface area contributed by atoms with Crippen LogP contribution in [0.25, 0.3) is 0 Å². The zero-order valence-corrected chi connectivity index (χ0v) is 22.3. The second-order valence-corrected chi connectivity index (χ2v) is 11.3. The van der Waals surface area contributed by atoms with Gasteiger partial charge in [0, 0.05) is 0 Å². The van der Waals surface area contributed by atoms with Crippen LogP contribution >= 0.6 is 8.60 Å². The summed E-state index contributed by atoms with van der Waals surface area (Å²) in [5.74, 6) is 1.56. The van der Waals surface area contributed by atoms with Gasteiger partial charge in [-0.15, -0.1) is 0 Å². The minimum Gasteiger partial charge on any atom is -0.396 e. The van der Waals surface area contributed by atoms with Crippen LogP contribution in [0.1, 0.15) is 105 Å². The topological polar surface area (TPSA) is 88.4 Å². The number of hydrogen-bond donors (Lipinski definition) is 3. The highest BCUT2D eigenvalue weighted by Crippen LogP contribution is 2.41. The molecule has 0 bridgehead atoms. The third-order valence-electron chi connectivity index (χ3n) is 5.73. The molecule has 194 valence electrons. The number of aliphatic hydroxyl groups excluding tert-OH is 3. The van der Waals surface area contributed by atoms with Gasteiger partial charge in [0.25, 0.3) is 0 Å². The third-order valence-corrected chi connectivity index (χ3v) is 6.85. The number of hydrogen-bond acceptors (Lipinski definition) is 6. The van der Waals surface area contributed by atoms with E-state index in [1.807, 2.05) is 0 Å². The van der Waals surface area contributed by atoms with Crippen LogP contribution < -0.4 is 0 Å². The third kappa shape index (κ3) is 18.6. The standard InChI is InChI=1S/C25H53O6P/c1-23(2)15-11-7-5-9-13-17-29-32(31-22-25(19-26,20-27)21-28)30-18-14-10-6-8-12-16-24(3)4/h23-24,26-28H,5-22H2,1-4H3. The first kappa shape index (κ1) is 32.2. The molecular formula is C25H53O6P. The van der Waals surface area contributed by atoms with E-state index in [0.29, 0.717) is 13.2 Å². The van der Waals surface area contributed by atoms with E-state index < -0.39 is 14.0 Å². The monoisotopic (exact) mass is 480 g/mol. The molecule has 0 saturated carbocycles. The Bertz CT molecular complexity index is 358. The largest absolute Gasteiger partial charge is 0.396 e. The maximum absolute atomic E-state index is 9.52. The highest BCUT2D eigenvalue weighted by Gasteiger charge is 2.30. The predicted molar refractivity (Wildman–Crippen MR) is 134 cm³/mol. The van der Waals surface area contributed by atoms with E-state index in [1.54, 1.807) is 0 Å². The lowest BCUT2D eigenvalue weighted by Crippen LogP contribution is -2.38. The fraction of sp³-hybridized carbons (Fsp3) is 1.00. The quantitative estimate of drug-likeness (QED) is 0.112. The summed E-state index contributed by atoms with van der Waals surface area (Å²) in [7, 11) is -1.55. The van der Waals surface area contributed by atoms with Gasteiger partial charge in [-0.05, 0) is 24.7 Å². The molecule has 0 saturated heterocycles. The molecular weight excluding hydrogens is 427 g/mol. The summed E-state index contributed by atoms with van der Waals surface area (Å²) in [6.45, 7) is 9.17. The molecule has 0 atom stereocenters. The van der Waals surface area contributed by atoms with Gasteiger partial charge in [-0.2, -0.15) is 0 Å². The average Bonchev–Trinajstić information content (AvgIpc) is 2.77. The van der Waals surface area contributed by atoms with Crippen LogP contribution in [0.3, 0.4) is 0 Å². The zero-order chi connectivity index (χ0) is 24.1.